The summed E-state index contributed by atoms with van der Waals surface area (Å²) in [5, 5.41) is 2.87. The average molecular weight is 389 g/mol. The van der Waals surface area contributed by atoms with Gasteiger partial charge >= 0.3 is 0 Å². The van der Waals surface area contributed by atoms with Gasteiger partial charge in [0.15, 0.2) is 0 Å². The number of halogens is 1. The number of rotatable bonds is 4. The number of sulfonamides is 1. The maximum atomic E-state index is 12.6. The number of amides is 1. The van der Waals surface area contributed by atoms with Crippen LogP contribution in [0.2, 0.25) is 0 Å². The van der Waals surface area contributed by atoms with Crippen molar-refractivity contribution in [3.05, 3.63) is 28.2 Å². The zero-order valence-electron chi connectivity index (χ0n) is 11.9. The molecule has 0 radical (unpaired) electrons. The Balaban J connectivity index is 1.88. The Morgan fingerprint density at radius 1 is 1.27 bits per heavy atom. The summed E-state index contributed by atoms with van der Waals surface area (Å²) in [6.45, 7) is 1.46. The zero-order chi connectivity index (χ0) is 15.7. The number of ether oxygens (including phenoxy) is 1. The van der Waals surface area contributed by atoms with Gasteiger partial charge < -0.3 is 10.1 Å². The van der Waals surface area contributed by atoms with Gasteiger partial charge in [0, 0.05) is 23.6 Å². The second-order valence-electron chi connectivity index (χ2n) is 5.41. The third-order valence-corrected chi connectivity index (χ3v) is 6.29. The SMILES string of the molecule is O=C(NC1CC1)c1cc(S(=O)(=O)N2CCOCC2)ccc1Br. The molecule has 8 heteroatoms. The van der Waals surface area contributed by atoms with Gasteiger partial charge in [0.1, 0.15) is 0 Å². The highest BCUT2D eigenvalue weighted by atomic mass is 79.9. The van der Waals surface area contributed by atoms with E-state index < -0.39 is 10.0 Å². The molecule has 2 aliphatic rings. The summed E-state index contributed by atoms with van der Waals surface area (Å²) in [6.07, 6.45) is 1.96. The van der Waals surface area contributed by atoms with Crippen molar-refractivity contribution in [3.63, 3.8) is 0 Å². The summed E-state index contributed by atoms with van der Waals surface area (Å²) >= 11 is 3.31. The molecule has 1 amide bonds. The van der Waals surface area contributed by atoms with Crippen molar-refractivity contribution < 1.29 is 17.9 Å². The van der Waals surface area contributed by atoms with E-state index in [0.717, 1.165) is 12.8 Å². The van der Waals surface area contributed by atoms with Crippen molar-refractivity contribution in [2.75, 3.05) is 26.3 Å². The lowest BCUT2D eigenvalue weighted by Gasteiger charge is -2.26. The minimum absolute atomic E-state index is 0.138. The van der Waals surface area contributed by atoms with Crippen LogP contribution in [-0.4, -0.2) is 51.0 Å². The molecule has 1 aromatic rings. The Hall–Kier alpha value is -0.960. The molecule has 1 aromatic carbocycles. The topological polar surface area (TPSA) is 75.7 Å². The summed E-state index contributed by atoms with van der Waals surface area (Å²) in [4.78, 5) is 12.3. The summed E-state index contributed by atoms with van der Waals surface area (Å²) in [5.41, 5.74) is 0.348. The molecule has 0 aromatic heterocycles. The molecule has 1 aliphatic heterocycles. The van der Waals surface area contributed by atoms with Gasteiger partial charge in [-0.2, -0.15) is 4.31 Å². The third-order valence-electron chi connectivity index (χ3n) is 3.70. The molecule has 0 bridgehead atoms. The van der Waals surface area contributed by atoms with Crippen molar-refractivity contribution in [1.82, 2.24) is 9.62 Å². The minimum Gasteiger partial charge on any atom is -0.379 e. The Morgan fingerprint density at radius 3 is 2.59 bits per heavy atom. The van der Waals surface area contributed by atoms with Crippen LogP contribution in [0.25, 0.3) is 0 Å². The molecular formula is C14H17BrN2O4S. The van der Waals surface area contributed by atoms with E-state index >= 15 is 0 Å². The molecule has 3 rings (SSSR count). The van der Waals surface area contributed by atoms with E-state index in [0.29, 0.717) is 36.3 Å². The Labute approximate surface area is 138 Å². The maximum absolute atomic E-state index is 12.6. The minimum atomic E-state index is -3.60. The Kier molecular flexibility index (Phi) is 4.54. The van der Waals surface area contributed by atoms with Gasteiger partial charge in [0.05, 0.1) is 23.7 Å². The van der Waals surface area contributed by atoms with E-state index in [1.54, 1.807) is 6.07 Å². The Morgan fingerprint density at radius 2 is 1.95 bits per heavy atom. The molecule has 1 heterocycles. The fourth-order valence-corrected chi connectivity index (χ4v) is 4.13. The first kappa shape index (κ1) is 15.9. The third kappa shape index (κ3) is 3.34. The summed E-state index contributed by atoms with van der Waals surface area (Å²) in [7, 11) is -3.60. The number of carbonyl (C=O) groups excluding carboxylic acids is 1. The summed E-state index contributed by atoms with van der Waals surface area (Å²) in [5.74, 6) is -0.242. The fraction of sp³-hybridized carbons (Fsp3) is 0.500. The molecule has 1 saturated carbocycles. The molecule has 2 fully saturated rings. The van der Waals surface area contributed by atoms with Crippen molar-refractivity contribution in [2.45, 2.75) is 23.8 Å². The van der Waals surface area contributed by atoms with Crippen LogP contribution >= 0.6 is 15.9 Å². The van der Waals surface area contributed by atoms with Crippen LogP contribution in [0.1, 0.15) is 23.2 Å². The van der Waals surface area contributed by atoms with Gasteiger partial charge in [0.25, 0.3) is 5.91 Å². The number of hydrogen-bond donors (Lipinski definition) is 1. The van der Waals surface area contributed by atoms with E-state index in [2.05, 4.69) is 21.2 Å². The molecule has 120 valence electrons. The predicted octanol–water partition coefficient (Wildman–Crippen LogP) is 1.36. The maximum Gasteiger partial charge on any atom is 0.252 e. The van der Waals surface area contributed by atoms with Crippen LogP contribution < -0.4 is 5.32 Å². The van der Waals surface area contributed by atoms with Crippen LogP contribution in [0.4, 0.5) is 0 Å². The highest BCUT2D eigenvalue weighted by Crippen LogP contribution is 2.25. The largest absolute Gasteiger partial charge is 0.379 e. The first-order chi connectivity index (χ1) is 10.5. The van der Waals surface area contributed by atoms with Crippen LogP contribution in [0, 0.1) is 0 Å². The van der Waals surface area contributed by atoms with Gasteiger partial charge in [-0.3, -0.25) is 4.79 Å². The number of morpholine rings is 1. The van der Waals surface area contributed by atoms with Crippen molar-refractivity contribution in [3.8, 4) is 0 Å². The number of nitrogens with one attached hydrogen (secondary N) is 1. The van der Waals surface area contributed by atoms with Crippen molar-refractivity contribution in [1.29, 1.82) is 0 Å². The number of hydrogen-bond acceptors (Lipinski definition) is 4. The lowest BCUT2D eigenvalue weighted by atomic mass is 10.2. The van der Waals surface area contributed by atoms with Crippen LogP contribution in [0.3, 0.4) is 0 Å². The molecule has 1 aliphatic carbocycles. The van der Waals surface area contributed by atoms with Crippen LogP contribution in [0.15, 0.2) is 27.6 Å². The second kappa shape index (κ2) is 6.27. The van der Waals surface area contributed by atoms with Gasteiger partial charge in [0.2, 0.25) is 10.0 Å². The molecule has 0 unspecified atom stereocenters. The van der Waals surface area contributed by atoms with Gasteiger partial charge in [-0.1, -0.05) is 0 Å². The molecule has 1 N–H and O–H groups in total. The molecule has 0 atom stereocenters. The van der Waals surface area contributed by atoms with Gasteiger partial charge in [-0.25, -0.2) is 8.42 Å². The zero-order valence-corrected chi connectivity index (χ0v) is 14.3. The first-order valence-corrected chi connectivity index (χ1v) is 9.40. The molecular weight excluding hydrogens is 372 g/mol. The monoisotopic (exact) mass is 388 g/mol. The average Bonchev–Trinajstić information content (AvgIpc) is 3.32. The fourth-order valence-electron chi connectivity index (χ4n) is 2.27. The van der Waals surface area contributed by atoms with Crippen molar-refractivity contribution in [2.24, 2.45) is 0 Å². The quantitative estimate of drug-likeness (QED) is 0.844. The second-order valence-corrected chi connectivity index (χ2v) is 8.20. The number of carbonyl (C=O) groups is 1. The van der Waals surface area contributed by atoms with E-state index in [-0.39, 0.29) is 16.8 Å². The standard InChI is InChI=1S/C14H17BrN2O4S/c15-13-4-3-11(9-12(13)14(18)16-10-1-2-10)22(19,20)17-5-7-21-8-6-17/h3-4,9-10H,1-2,5-8H2,(H,16,18). The highest BCUT2D eigenvalue weighted by molar-refractivity contribution is 9.10. The van der Waals surface area contributed by atoms with E-state index in [9.17, 15) is 13.2 Å². The lowest BCUT2D eigenvalue weighted by Crippen LogP contribution is -2.40. The first-order valence-electron chi connectivity index (χ1n) is 7.17. The highest BCUT2D eigenvalue weighted by Gasteiger charge is 2.29. The normalized spacial score (nSPS) is 19.9. The summed E-state index contributed by atoms with van der Waals surface area (Å²) < 4.78 is 32.4. The molecule has 1 saturated heterocycles. The molecule has 22 heavy (non-hydrogen) atoms. The molecule has 6 nitrogen and oxygen atoms in total. The van der Waals surface area contributed by atoms with Crippen LogP contribution in [0.5, 0.6) is 0 Å². The predicted molar refractivity (Wildman–Crippen MR) is 84.2 cm³/mol. The van der Waals surface area contributed by atoms with Crippen LogP contribution in [-0.2, 0) is 14.8 Å². The van der Waals surface area contributed by atoms with Gasteiger partial charge in [-0.05, 0) is 47.0 Å². The van der Waals surface area contributed by atoms with E-state index in [1.165, 1.54) is 16.4 Å². The van der Waals surface area contributed by atoms with E-state index in [1.807, 2.05) is 0 Å². The lowest BCUT2D eigenvalue weighted by molar-refractivity contribution is 0.0730. The van der Waals surface area contributed by atoms with Gasteiger partial charge in [-0.15, -0.1) is 0 Å². The van der Waals surface area contributed by atoms with Crippen molar-refractivity contribution >= 4 is 31.9 Å². The number of nitrogens with zero attached hydrogens (tertiary/aromatic N) is 1. The molecule has 0 spiro atoms. The summed E-state index contributed by atoms with van der Waals surface area (Å²) in [6, 6.07) is 4.78. The Bertz CT molecular complexity index is 682. The number of benzene rings is 1. The smallest absolute Gasteiger partial charge is 0.252 e. The van der Waals surface area contributed by atoms with E-state index in [4.69, 9.17) is 4.74 Å².